The lowest BCUT2D eigenvalue weighted by Gasteiger charge is -2.20. The quantitative estimate of drug-likeness (QED) is 0.183. The Labute approximate surface area is 265 Å². The van der Waals surface area contributed by atoms with E-state index in [1.165, 1.54) is 93.5 Å². The Bertz CT molecular complexity index is 2350. The summed E-state index contributed by atoms with van der Waals surface area (Å²) in [7, 11) is 0. The molecule has 8 rings (SSSR count). The molecule has 0 radical (unpaired) electrons. The minimum atomic E-state index is 1.23. The van der Waals surface area contributed by atoms with Gasteiger partial charge in [0.05, 0.1) is 0 Å². The first-order valence-corrected chi connectivity index (χ1v) is 15.8. The maximum atomic E-state index is 2.44. The van der Waals surface area contributed by atoms with Gasteiger partial charge in [-0.15, -0.1) is 0 Å². The lowest BCUT2D eigenvalue weighted by molar-refractivity contribution is 1.32. The van der Waals surface area contributed by atoms with Crippen molar-refractivity contribution in [3.63, 3.8) is 0 Å². The van der Waals surface area contributed by atoms with E-state index in [9.17, 15) is 0 Å². The molecule has 0 heteroatoms. The second-order valence-corrected chi connectivity index (χ2v) is 12.3. The molecule has 0 saturated heterocycles. The van der Waals surface area contributed by atoms with Crippen molar-refractivity contribution in [2.75, 3.05) is 0 Å². The summed E-state index contributed by atoms with van der Waals surface area (Å²) in [5, 5.41) is 7.62. The number of benzene rings is 8. The molecule has 0 aliphatic heterocycles. The molecule has 8 aromatic carbocycles. The average Bonchev–Trinajstić information content (AvgIpc) is 3.07. The van der Waals surface area contributed by atoms with Gasteiger partial charge in [-0.1, -0.05) is 145 Å². The summed E-state index contributed by atoms with van der Waals surface area (Å²) in [6.07, 6.45) is 0. The van der Waals surface area contributed by atoms with Gasteiger partial charge in [-0.25, -0.2) is 0 Å². The van der Waals surface area contributed by atoms with Crippen molar-refractivity contribution in [2.24, 2.45) is 0 Å². The molecule has 0 amide bonds. The van der Waals surface area contributed by atoms with Crippen LogP contribution in [-0.2, 0) is 0 Å². The molecular formula is C45H34. The van der Waals surface area contributed by atoms with Crippen LogP contribution in [-0.4, -0.2) is 0 Å². The van der Waals surface area contributed by atoms with Gasteiger partial charge >= 0.3 is 0 Å². The lowest BCUT2D eigenvalue weighted by Crippen LogP contribution is -1.94. The number of aryl methyl sites for hydroxylation is 3. The van der Waals surface area contributed by atoms with Gasteiger partial charge in [-0.05, 0) is 121 Å². The van der Waals surface area contributed by atoms with E-state index in [1.54, 1.807) is 0 Å². The van der Waals surface area contributed by atoms with Crippen LogP contribution < -0.4 is 0 Å². The van der Waals surface area contributed by atoms with Crippen LogP contribution in [0.2, 0.25) is 0 Å². The van der Waals surface area contributed by atoms with Crippen LogP contribution in [0.25, 0.3) is 76.8 Å². The summed E-state index contributed by atoms with van der Waals surface area (Å²) in [5.41, 5.74) is 14.0. The van der Waals surface area contributed by atoms with Crippen molar-refractivity contribution in [3.05, 3.63) is 168 Å². The fourth-order valence-corrected chi connectivity index (χ4v) is 7.40. The highest BCUT2D eigenvalue weighted by atomic mass is 14.2. The topological polar surface area (TPSA) is 0 Å². The monoisotopic (exact) mass is 574 g/mol. The van der Waals surface area contributed by atoms with E-state index in [0.29, 0.717) is 0 Å². The Morgan fingerprint density at radius 3 is 1.49 bits per heavy atom. The molecule has 0 spiro atoms. The summed E-state index contributed by atoms with van der Waals surface area (Å²) in [6.45, 7) is 6.66. The summed E-state index contributed by atoms with van der Waals surface area (Å²) < 4.78 is 0. The SMILES string of the molecule is Cc1cc(C)c(-c2ccc3c(-c4ccc(-c5ccccc5)cc4)c4ccccc4c(-c4ccc5ccccc5c4)c3c2)c(C)c1. The van der Waals surface area contributed by atoms with Crippen LogP contribution in [0.5, 0.6) is 0 Å². The molecule has 0 N–H and O–H groups in total. The van der Waals surface area contributed by atoms with Crippen molar-refractivity contribution in [1.29, 1.82) is 0 Å². The van der Waals surface area contributed by atoms with Gasteiger partial charge in [0.25, 0.3) is 0 Å². The molecule has 8 aromatic rings. The number of fused-ring (bicyclic) bond motifs is 3. The Morgan fingerprint density at radius 2 is 0.778 bits per heavy atom. The Morgan fingerprint density at radius 1 is 0.289 bits per heavy atom. The van der Waals surface area contributed by atoms with E-state index < -0.39 is 0 Å². The summed E-state index contributed by atoms with van der Waals surface area (Å²) in [5.74, 6) is 0. The van der Waals surface area contributed by atoms with Gasteiger partial charge < -0.3 is 0 Å². The first-order valence-electron chi connectivity index (χ1n) is 15.8. The van der Waals surface area contributed by atoms with Crippen LogP contribution in [0.1, 0.15) is 16.7 Å². The van der Waals surface area contributed by atoms with Crippen molar-refractivity contribution in [2.45, 2.75) is 20.8 Å². The maximum absolute atomic E-state index is 2.44. The molecule has 0 saturated carbocycles. The molecule has 0 atom stereocenters. The number of hydrogen-bond acceptors (Lipinski definition) is 0. The van der Waals surface area contributed by atoms with E-state index >= 15 is 0 Å². The third kappa shape index (κ3) is 4.71. The summed E-state index contributed by atoms with van der Waals surface area (Å²) in [6, 6.07) is 56.0. The fraction of sp³-hybridized carbons (Fsp3) is 0.0667. The second kappa shape index (κ2) is 10.9. The molecule has 0 heterocycles. The van der Waals surface area contributed by atoms with E-state index in [0.717, 1.165) is 0 Å². The molecule has 0 nitrogen and oxygen atoms in total. The van der Waals surface area contributed by atoms with Crippen molar-refractivity contribution in [1.82, 2.24) is 0 Å². The molecule has 45 heavy (non-hydrogen) atoms. The molecule has 0 aromatic heterocycles. The molecule has 0 unspecified atom stereocenters. The standard InChI is InChI=1S/C45H34/c1-29-25-30(2)43(31(3)26-29)38-23-24-41-42(28-38)45(37-22-19-33-13-7-8-14-36(33)27-37)40-16-10-9-15-39(40)44(41)35-20-17-34(18-21-35)32-11-5-4-6-12-32/h4-28H,1-3H3. The largest absolute Gasteiger partial charge is 0.0622 e. The van der Waals surface area contributed by atoms with Gasteiger partial charge in [0.2, 0.25) is 0 Å². The van der Waals surface area contributed by atoms with Gasteiger partial charge in [0.1, 0.15) is 0 Å². The highest BCUT2D eigenvalue weighted by Gasteiger charge is 2.19. The Hall–Kier alpha value is -5.46. The van der Waals surface area contributed by atoms with Gasteiger partial charge in [-0.3, -0.25) is 0 Å². The molecule has 0 aliphatic carbocycles. The smallest absolute Gasteiger partial charge is 0.00259 e. The predicted molar refractivity (Wildman–Crippen MR) is 195 cm³/mol. The predicted octanol–water partition coefficient (Wildman–Crippen LogP) is 12.7. The summed E-state index contributed by atoms with van der Waals surface area (Å²) >= 11 is 0. The van der Waals surface area contributed by atoms with Crippen LogP contribution in [0.3, 0.4) is 0 Å². The number of rotatable bonds is 4. The Kier molecular flexibility index (Phi) is 6.58. The van der Waals surface area contributed by atoms with Gasteiger partial charge in [0, 0.05) is 0 Å². The normalized spacial score (nSPS) is 11.4. The fourth-order valence-electron chi connectivity index (χ4n) is 7.40. The molecule has 0 aliphatic rings. The first-order chi connectivity index (χ1) is 22.0. The van der Waals surface area contributed by atoms with Crippen LogP contribution >= 0.6 is 0 Å². The zero-order valence-corrected chi connectivity index (χ0v) is 25.9. The van der Waals surface area contributed by atoms with Crippen molar-refractivity contribution >= 4 is 32.3 Å². The molecule has 214 valence electrons. The molecule has 0 bridgehead atoms. The van der Waals surface area contributed by atoms with Crippen LogP contribution in [0.15, 0.2) is 152 Å². The minimum Gasteiger partial charge on any atom is -0.0622 e. The van der Waals surface area contributed by atoms with Crippen molar-refractivity contribution < 1.29 is 0 Å². The summed E-state index contributed by atoms with van der Waals surface area (Å²) in [4.78, 5) is 0. The van der Waals surface area contributed by atoms with Gasteiger partial charge in [0.15, 0.2) is 0 Å². The van der Waals surface area contributed by atoms with E-state index in [-0.39, 0.29) is 0 Å². The third-order valence-corrected chi connectivity index (χ3v) is 9.31. The highest BCUT2D eigenvalue weighted by molar-refractivity contribution is 6.22. The van der Waals surface area contributed by atoms with Crippen LogP contribution in [0, 0.1) is 20.8 Å². The Balaban J connectivity index is 1.45. The lowest BCUT2D eigenvalue weighted by atomic mass is 9.83. The second-order valence-electron chi connectivity index (χ2n) is 12.3. The minimum absolute atomic E-state index is 1.23. The zero-order valence-electron chi connectivity index (χ0n) is 25.9. The molecular weight excluding hydrogens is 540 g/mol. The van der Waals surface area contributed by atoms with Crippen LogP contribution in [0.4, 0.5) is 0 Å². The van der Waals surface area contributed by atoms with E-state index in [2.05, 4.69) is 172 Å². The van der Waals surface area contributed by atoms with E-state index in [1.807, 2.05) is 0 Å². The maximum Gasteiger partial charge on any atom is -0.00259 e. The highest BCUT2D eigenvalue weighted by Crippen LogP contribution is 2.46. The van der Waals surface area contributed by atoms with Gasteiger partial charge in [-0.2, -0.15) is 0 Å². The first kappa shape index (κ1) is 27.1. The van der Waals surface area contributed by atoms with Crippen molar-refractivity contribution in [3.8, 4) is 44.5 Å². The zero-order chi connectivity index (χ0) is 30.5. The molecule has 0 fully saturated rings. The average molecular weight is 575 g/mol. The third-order valence-electron chi connectivity index (χ3n) is 9.31. The number of hydrogen-bond donors (Lipinski definition) is 0. The van der Waals surface area contributed by atoms with E-state index in [4.69, 9.17) is 0 Å².